The van der Waals surface area contributed by atoms with Crippen LogP contribution >= 0.6 is 11.3 Å². The van der Waals surface area contributed by atoms with E-state index >= 15 is 0 Å². The Morgan fingerprint density at radius 1 is 1.20 bits per heavy atom. The third-order valence-electron chi connectivity index (χ3n) is 4.06. The van der Waals surface area contributed by atoms with E-state index in [4.69, 9.17) is 9.31 Å². The maximum Gasteiger partial charge on any atom is 0.516 e. The highest BCUT2D eigenvalue weighted by Gasteiger charge is 2.52. The van der Waals surface area contributed by atoms with Crippen LogP contribution in [0.15, 0.2) is 17.1 Å². The summed E-state index contributed by atoms with van der Waals surface area (Å²) in [5.74, 6) is 1.75. The van der Waals surface area contributed by atoms with Crippen molar-refractivity contribution in [2.45, 2.75) is 45.8 Å². The SMILES string of the molecule is Cc1nc(B2OC(C)(C)C(C)(C)O2)cn1-c1cscn1. The molecule has 0 aromatic carbocycles. The molecule has 0 radical (unpaired) electrons. The van der Waals surface area contributed by atoms with Gasteiger partial charge in [0.2, 0.25) is 0 Å². The van der Waals surface area contributed by atoms with Crippen LogP contribution in [0, 0.1) is 6.92 Å². The molecule has 1 aliphatic heterocycles. The average molecular weight is 291 g/mol. The van der Waals surface area contributed by atoms with Crippen LogP contribution in [0.4, 0.5) is 0 Å². The number of hydrogen-bond donors (Lipinski definition) is 0. The van der Waals surface area contributed by atoms with Crippen molar-refractivity contribution in [3.8, 4) is 5.82 Å². The molecule has 5 nitrogen and oxygen atoms in total. The summed E-state index contributed by atoms with van der Waals surface area (Å²) in [6.45, 7) is 10.1. The van der Waals surface area contributed by atoms with E-state index in [1.807, 2.05) is 56.3 Å². The number of hydrogen-bond acceptors (Lipinski definition) is 5. The summed E-state index contributed by atoms with van der Waals surface area (Å²) >= 11 is 1.56. The largest absolute Gasteiger partial charge is 0.516 e. The molecule has 0 unspecified atom stereocenters. The second kappa shape index (κ2) is 4.41. The quantitative estimate of drug-likeness (QED) is 0.793. The van der Waals surface area contributed by atoms with E-state index in [0.29, 0.717) is 0 Å². The molecule has 2 aromatic rings. The molecular formula is C13H18BN3O2S. The van der Waals surface area contributed by atoms with Crippen molar-refractivity contribution >= 4 is 24.0 Å². The van der Waals surface area contributed by atoms with Crippen molar-refractivity contribution in [3.05, 3.63) is 22.9 Å². The lowest BCUT2D eigenvalue weighted by molar-refractivity contribution is 0.00578. The zero-order valence-electron chi connectivity index (χ0n) is 12.4. The average Bonchev–Trinajstić information content (AvgIpc) is 2.98. The maximum absolute atomic E-state index is 6.02. The third-order valence-corrected chi connectivity index (χ3v) is 4.64. The van der Waals surface area contributed by atoms with Gasteiger partial charge >= 0.3 is 7.12 Å². The summed E-state index contributed by atoms with van der Waals surface area (Å²) in [5.41, 5.74) is 1.89. The first-order chi connectivity index (χ1) is 9.30. The normalized spacial score (nSPS) is 20.6. The van der Waals surface area contributed by atoms with Gasteiger partial charge in [0, 0.05) is 11.6 Å². The zero-order chi connectivity index (χ0) is 14.5. The molecule has 0 bridgehead atoms. The molecule has 1 saturated heterocycles. The van der Waals surface area contributed by atoms with Gasteiger partial charge in [0.05, 0.1) is 22.3 Å². The lowest BCUT2D eigenvalue weighted by Crippen LogP contribution is -2.41. The Labute approximate surface area is 123 Å². The van der Waals surface area contributed by atoms with Gasteiger partial charge in [-0.25, -0.2) is 9.97 Å². The Balaban J connectivity index is 1.92. The molecule has 0 aliphatic carbocycles. The predicted molar refractivity (Wildman–Crippen MR) is 79.7 cm³/mol. The molecule has 0 saturated carbocycles. The molecular weight excluding hydrogens is 273 g/mol. The standard InChI is InChI=1S/C13H18BN3O2S/c1-9-16-10(6-17(9)11-7-20-8-15-11)14-18-12(2,3)13(4,5)19-14/h6-8H,1-5H3. The Morgan fingerprint density at radius 3 is 2.40 bits per heavy atom. The lowest BCUT2D eigenvalue weighted by Gasteiger charge is -2.32. The van der Waals surface area contributed by atoms with Crippen molar-refractivity contribution in [2.75, 3.05) is 0 Å². The van der Waals surface area contributed by atoms with Gasteiger partial charge in [0.25, 0.3) is 0 Å². The van der Waals surface area contributed by atoms with E-state index in [0.717, 1.165) is 17.2 Å². The lowest BCUT2D eigenvalue weighted by atomic mass is 9.86. The number of aryl methyl sites for hydroxylation is 1. The summed E-state index contributed by atoms with van der Waals surface area (Å²) in [7, 11) is -0.432. The van der Waals surface area contributed by atoms with Crippen LogP contribution in [0.2, 0.25) is 0 Å². The summed E-state index contributed by atoms with van der Waals surface area (Å²) < 4.78 is 14.0. The Bertz CT molecular complexity index is 606. The summed E-state index contributed by atoms with van der Waals surface area (Å²) in [4.78, 5) is 8.86. The summed E-state index contributed by atoms with van der Waals surface area (Å²) in [6.07, 6.45) is 1.94. The van der Waals surface area contributed by atoms with Crippen LogP contribution in [0.1, 0.15) is 33.5 Å². The van der Waals surface area contributed by atoms with E-state index in [9.17, 15) is 0 Å². The van der Waals surface area contributed by atoms with E-state index in [-0.39, 0.29) is 11.2 Å². The topological polar surface area (TPSA) is 49.2 Å². The summed E-state index contributed by atoms with van der Waals surface area (Å²) in [6, 6.07) is 0. The van der Waals surface area contributed by atoms with Crippen LogP contribution in [0.3, 0.4) is 0 Å². The molecule has 0 atom stereocenters. The minimum atomic E-state index is -0.432. The highest BCUT2D eigenvalue weighted by atomic mass is 32.1. The molecule has 1 aliphatic rings. The van der Waals surface area contributed by atoms with Gasteiger partial charge in [-0.05, 0) is 34.6 Å². The second-order valence-corrected chi connectivity index (χ2v) is 6.74. The van der Waals surface area contributed by atoms with Gasteiger partial charge in [-0.15, -0.1) is 11.3 Å². The Hall–Kier alpha value is -1.18. The van der Waals surface area contributed by atoms with Crippen LogP contribution in [0.5, 0.6) is 0 Å². The first kappa shape index (κ1) is 13.8. The maximum atomic E-state index is 6.02. The number of aromatic nitrogens is 3. The van der Waals surface area contributed by atoms with E-state index in [1.165, 1.54) is 0 Å². The highest BCUT2D eigenvalue weighted by molar-refractivity contribution is 7.07. The van der Waals surface area contributed by atoms with Crippen molar-refractivity contribution in [1.29, 1.82) is 0 Å². The minimum absolute atomic E-state index is 0.351. The monoisotopic (exact) mass is 291 g/mol. The van der Waals surface area contributed by atoms with Crippen molar-refractivity contribution in [1.82, 2.24) is 14.5 Å². The highest BCUT2D eigenvalue weighted by Crippen LogP contribution is 2.36. The smallest absolute Gasteiger partial charge is 0.398 e. The van der Waals surface area contributed by atoms with Crippen molar-refractivity contribution in [2.24, 2.45) is 0 Å². The molecule has 1 fully saturated rings. The van der Waals surface area contributed by atoms with Crippen molar-refractivity contribution in [3.63, 3.8) is 0 Å². The third kappa shape index (κ3) is 2.10. The van der Waals surface area contributed by atoms with Gasteiger partial charge < -0.3 is 9.31 Å². The Morgan fingerprint density at radius 2 is 1.85 bits per heavy atom. The molecule has 3 heterocycles. The molecule has 2 aromatic heterocycles. The van der Waals surface area contributed by atoms with Crippen molar-refractivity contribution < 1.29 is 9.31 Å². The fraction of sp³-hybridized carbons (Fsp3) is 0.538. The predicted octanol–water partition coefficient (Wildman–Crippen LogP) is 1.94. The minimum Gasteiger partial charge on any atom is -0.398 e. The fourth-order valence-electron chi connectivity index (χ4n) is 2.13. The van der Waals surface area contributed by atoms with Crippen LogP contribution in [0.25, 0.3) is 5.82 Å². The van der Waals surface area contributed by atoms with Gasteiger partial charge in [0.1, 0.15) is 11.6 Å². The van der Waals surface area contributed by atoms with Crippen LogP contribution in [-0.4, -0.2) is 32.9 Å². The van der Waals surface area contributed by atoms with E-state index < -0.39 is 7.12 Å². The zero-order valence-corrected chi connectivity index (χ0v) is 13.2. The number of imidazole rings is 1. The summed E-state index contributed by atoms with van der Waals surface area (Å²) in [5, 5.41) is 1.99. The fourth-order valence-corrected chi connectivity index (χ4v) is 2.66. The number of rotatable bonds is 2. The van der Waals surface area contributed by atoms with Crippen LogP contribution in [-0.2, 0) is 9.31 Å². The molecule has 20 heavy (non-hydrogen) atoms. The Kier molecular flexibility index (Phi) is 3.04. The molecule has 0 amide bonds. The number of thiazole rings is 1. The van der Waals surface area contributed by atoms with E-state index in [2.05, 4.69) is 9.97 Å². The van der Waals surface area contributed by atoms with E-state index in [1.54, 1.807) is 11.3 Å². The van der Waals surface area contributed by atoms with Gasteiger partial charge in [-0.1, -0.05) is 0 Å². The molecule has 7 heteroatoms. The van der Waals surface area contributed by atoms with Gasteiger partial charge in [-0.3, -0.25) is 4.57 Å². The first-order valence-electron chi connectivity index (χ1n) is 6.60. The van der Waals surface area contributed by atoms with Crippen LogP contribution < -0.4 is 5.59 Å². The van der Waals surface area contributed by atoms with Gasteiger partial charge in [-0.2, -0.15) is 0 Å². The first-order valence-corrected chi connectivity index (χ1v) is 7.54. The molecule has 0 N–H and O–H groups in total. The molecule has 0 spiro atoms. The van der Waals surface area contributed by atoms with Gasteiger partial charge in [0.15, 0.2) is 0 Å². The second-order valence-electron chi connectivity index (χ2n) is 6.02. The molecule has 3 rings (SSSR count). The molecule has 106 valence electrons. The number of nitrogens with zero attached hydrogens (tertiary/aromatic N) is 3.